The van der Waals surface area contributed by atoms with Gasteiger partial charge >= 0.3 is 5.97 Å². The summed E-state index contributed by atoms with van der Waals surface area (Å²) in [5, 5.41) is 21.1. The van der Waals surface area contributed by atoms with Crippen LogP contribution >= 0.6 is 11.3 Å². The number of carbonyl (C=O) groups is 2. The number of aromatic nitrogens is 3. The molecule has 12 nitrogen and oxygen atoms in total. The Bertz CT molecular complexity index is 1470. The van der Waals surface area contributed by atoms with Crippen LogP contribution in [-0.2, 0) is 17.6 Å². The minimum absolute atomic E-state index is 0.0110. The van der Waals surface area contributed by atoms with Crippen LogP contribution in [0.2, 0.25) is 0 Å². The van der Waals surface area contributed by atoms with Gasteiger partial charge in [-0.25, -0.2) is 0 Å². The van der Waals surface area contributed by atoms with Crippen molar-refractivity contribution in [1.29, 1.82) is 0 Å². The van der Waals surface area contributed by atoms with Crippen LogP contribution in [0, 0.1) is 10.1 Å². The number of aliphatic carboxylic acids is 1. The molecule has 34 heavy (non-hydrogen) atoms. The normalized spacial score (nSPS) is 10.9. The van der Waals surface area contributed by atoms with Gasteiger partial charge in [-0.15, -0.1) is 11.3 Å². The molecule has 1 amide bonds. The molecule has 0 bridgehead atoms. The molecule has 4 aromatic rings. The fraction of sp³-hybridized carbons (Fsp3) is 0.143. The molecule has 0 aliphatic heterocycles. The van der Waals surface area contributed by atoms with E-state index in [9.17, 15) is 29.6 Å². The maximum Gasteiger partial charge on any atom is 0.323 e. The lowest BCUT2D eigenvalue weighted by Crippen LogP contribution is -2.35. The molecule has 13 heteroatoms. The molecular formula is C21H18N6O6S. The second kappa shape index (κ2) is 9.15. The predicted octanol–water partition coefficient (Wildman–Crippen LogP) is 2.32. The molecule has 0 atom stereocenters. The number of hydrogen-bond acceptors (Lipinski definition) is 8. The number of nitrogens with zero attached hydrogens (tertiary/aromatic N) is 3. The summed E-state index contributed by atoms with van der Waals surface area (Å²) in [5.74, 6) is -1.95. The van der Waals surface area contributed by atoms with Gasteiger partial charge in [0.05, 0.1) is 15.2 Å². The zero-order valence-electron chi connectivity index (χ0n) is 17.5. The fourth-order valence-electron chi connectivity index (χ4n) is 3.58. The van der Waals surface area contributed by atoms with Crippen LogP contribution in [0.15, 0.2) is 47.4 Å². The lowest BCUT2D eigenvalue weighted by atomic mass is 10.1. The molecule has 0 saturated heterocycles. The Morgan fingerprint density at radius 3 is 2.71 bits per heavy atom. The molecule has 0 fully saturated rings. The quantitative estimate of drug-likeness (QED) is 0.217. The third-order valence-corrected chi connectivity index (χ3v) is 6.20. The standard InChI is InChI=1S/C21H18N6O6S/c22-21-24-18-17(19(30)25-21)11(9-23-18)5-6-12-7-8-15(34-12)20(31)26(10-16(28)29)13-3-1-2-4-14(13)27(32)33/h1-4,7-9H,5-6,10H2,(H,28,29)(H4,22,23,24,25,30). The number of nitrogen functional groups attached to an aromatic ring is 1. The molecule has 0 unspecified atom stereocenters. The molecule has 174 valence electrons. The van der Waals surface area contributed by atoms with Gasteiger partial charge in [-0.05, 0) is 36.6 Å². The first kappa shape index (κ1) is 22.7. The summed E-state index contributed by atoms with van der Waals surface area (Å²) in [6, 6.07) is 8.76. The average Bonchev–Trinajstić information content (AvgIpc) is 3.42. The van der Waals surface area contributed by atoms with Gasteiger partial charge in [0.15, 0.2) is 0 Å². The lowest BCUT2D eigenvalue weighted by molar-refractivity contribution is -0.384. The number of fused-ring (bicyclic) bond motifs is 1. The van der Waals surface area contributed by atoms with E-state index in [1.54, 1.807) is 18.3 Å². The molecular weight excluding hydrogens is 464 g/mol. The van der Waals surface area contributed by atoms with Gasteiger partial charge < -0.3 is 15.8 Å². The maximum absolute atomic E-state index is 13.1. The van der Waals surface area contributed by atoms with Crippen LogP contribution in [0.5, 0.6) is 0 Å². The SMILES string of the molecule is Nc1nc2[nH]cc(CCc3ccc(C(=O)N(CC(=O)O)c4ccccc4[N+](=O)[O-])s3)c2c(=O)[nH]1. The van der Waals surface area contributed by atoms with Crippen molar-refractivity contribution in [1.82, 2.24) is 15.0 Å². The Balaban J connectivity index is 1.57. The highest BCUT2D eigenvalue weighted by molar-refractivity contribution is 7.14. The Morgan fingerprint density at radius 1 is 1.21 bits per heavy atom. The number of rotatable bonds is 8. The van der Waals surface area contributed by atoms with E-state index < -0.39 is 23.3 Å². The van der Waals surface area contributed by atoms with E-state index in [2.05, 4.69) is 15.0 Å². The molecule has 0 saturated carbocycles. The van der Waals surface area contributed by atoms with Crippen molar-refractivity contribution in [3.05, 3.63) is 78.4 Å². The Hall–Kier alpha value is -4.52. The van der Waals surface area contributed by atoms with Gasteiger partial charge in [-0.2, -0.15) is 4.98 Å². The van der Waals surface area contributed by atoms with E-state index in [4.69, 9.17) is 5.73 Å². The van der Waals surface area contributed by atoms with E-state index in [0.717, 1.165) is 26.7 Å². The van der Waals surface area contributed by atoms with Crippen molar-refractivity contribution < 1.29 is 19.6 Å². The molecule has 0 spiro atoms. The zero-order chi connectivity index (χ0) is 24.4. The molecule has 3 aromatic heterocycles. The van der Waals surface area contributed by atoms with Crippen molar-refractivity contribution >= 4 is 51.6 Å². The number of aryl methyl sites for hydroxylation is 2. The van der Waals surface area contributed by atoms with Crippen LogP contribution < -0.4 is 16.2 Å². The highest BCUT2D eigenvalue weighted by atomic mass is 32.1. The van der Waals surface area contributed by atoms with Gasteiger partial charge in [-0.3, -0.25) is 34.4 Å². The largest absolute Gasteiger partial charge is 0.480 e. The van der Waals surface area contributed by atoms with Crippen molar-refractivity contribution in [3.63, 3.8) is 0 Å². The number of amides is 1. The number of anilines is 2. The number of hydrogen-bond donors (Lipinski definition) is 4. The molecule has 4 rings (SSSR count). The first-order valence-corrected chi connectivity index (χ1v) is 10.8. The minimum Gasteiger partial charge on any atom is -0.480 e. The van der Waals surface area contributed by atoms with Gasteiger partial charge in [0.1, 0.15) is 17.9 Å². The summed E-state index contributed by atoms with van der Waals surface area (Å²) in [6.45, 7) is -0.731. The highest BCUT2D eigenvalue weighted by Gasteiger charge is 2.27. The van der Waals surface area contributed by atoms with Gasteiger partial charge in [0, 0.05) is 17.1 Å². The molecule has 3 heterocycles. The molecule has 0 radical (unpaired) electrons. The summed E-state index contributed by atoms with van der Waals surface area (Å²) < 4.78 is 0. The topological polar surface area (TPSA) is 188 Å². The van der Waals surface area contributed by atoms with Crippen LogP contribution in [0.4, 0.5) is 17.3 Å². The summed E-state index contributed by atoms with van der Waals surface area (Å²) >= 11 is 1.15. The summed E-state index contributed by atoms with van der Waals surface area (Å²) in [7, 11) is 0. The number of H-pyrrole nitrogens is 2. The zero-order valence-corrected chi connectivity index (χ0v) is 18.3. The van der Waals surface area contributed by atoms with Gasteiger partial charge in [-0.1, -0.05) is 12.1 Å². The Morgan fingerprint density at radius 2 is 1.97 bits per heavy atom. The predicted molar refractivity (Wildman–Crippen MR) is 125 cm³/mol. The number of benzene rings is 1. The number of nitro groups is 1. The summed E-state index contributed by atoms with van der Waals surface area (Å²) in [6.07, 6.45) is 2.65. The van der Waals surface area contributed by atoms with Crippen molar-refractivity contribution in [3.8, 4) is 0 Å². The summed E-state index contributed by atoms with van der Waals surface area (Å²) in [4.78, 5) is 58.8. The molecule has 1 aromatic carbocycles. The van der Waals surface area contributed by atoms with Crippen LogP contribution in [-0.4, -0.2) is 43.4 Å². The van der Waals surface area contributed by atoms with Crippen LogP contribution in [0.25, 0.3) is 11.0 Å². The van der Waals surface area contributed by atoms with E-state index >= 15 is 0 Å². The number of carbonyl (C=O) groups excluding carboxylic acids is 1. The first-order chi connectivity index (χ1) is 16.2. The van der Waals surface area contributed by atoms with Gasteiger partial charge in [0.25, 0.3) is 17.2 Å². The molecule has 0 aliphatic rings. The minimum atomic E-state index is -1.30. The number of nitrogens with one attached hydrogen (secondary N) is 2. The Kier molecular flexibility index (Phi) is 6.10. The second-order valence-corrected chi connectivity index (χ2v) is 8.45. The third-order valence-electron chi connectivity index (χ3n) is 5.06. The first-order valence-electron chi connectivity index (χ1n) is 9.96. The maximum atomic E-state index is 13.1. The number of para-hydroxylation sites is 2. The van der Waals surface area contributed by atoms with Crippen molar-refractivity contribution in [2.24, 2.45) is 0 Å². The van der Waals surface area contributed by atoms with E-state index in [-0.39, 0.29) is 27.8 Å². The summed E-state index contributed by atoms with van der Waals surface area (Å²) in [5.41, 5.74) is 5.86. The van der Waals surface area contributed by atoms with E-state index in [1.807, 2.05) is 0 Å². The fourth-order valence-corrected chi connectivity index (χ4v) is 4.54. The van der Waals surface area contributed by atoms with E-state index in [0.29, 0.717) is 23.9 Å². The monoisotopic (exact) mass is 482 g/mol. The number of nitrogens with two attached hydrogens (primary N) is 1. The third kappa shape index (κ3) is 4.49. The van der Waals surface area contributed by atoms with Crippen LogP contribution in [0.3, 0.4) is 0 Å². The number of carboxylic acids is 1. The number of carboxylic acid groups (broad SMARTS) is 1. The van der Waals surface area contributed by atoms with Gasteiger partial charge in [0.2, 0.25) is 5.95 Å². The van der Waals surface area contributed by atoms with E-state index in [1.165, 1.54) is 24.3 Å². The van der Waals surface area contributed by atoms with Crippen molar-refractivity contribution in [2.75, 3.05) is 17.2 Å². The smallest absolute Gasteiger partial charge is 0.323 e. The number of thiophene rings is 1. The average molecular weight is 482 g/mol. The lowest BCUT2D eigenvalue weighted by Gasteiger charge is -2.19. The number of nitro benzene ring substituents is 1. The molecule has 0 aliphatic carbocycles. The van der Waals surface area contributed by atoms with Crippen LogP contribution in [0.1, 0.15) is 20.1 Å². The number of aromatic amines is 2. The molecule has 5 N–H and O–H groups in total. The second-order valence-electron chi connectivity index (χ2n) is 7.29. The highest BCUT2D eigenvalue weighted by Crippen LogP contribution is 2.30. The Labute approximate surface area is 194 Å². The van der Waals surface area contributed by atoms with Crippen molar-refractivity contribution in [2.45, 2.75) is 12.8 Å².